The van der Waals surface area contributed by atoms with Gasteiger partial charge in [-0.05, 0) is 86.6 Å². The molecule has 0 spiro atoms. The lowest BCUT2D eigenvalue weighted by molar-refractivity contribution is -0.116. The van der Waals surface area contributed by atoms with Gasteiger partial charge in [0.15, 0.2) is 5.78 Å². The third kappa shape index (κ3) is 3.59. The lowest BCUT2D eigenvalue weighted by atomic mass is 9.76. The van der Waals surface area contributed by atoms with E-state index in [2.05, 4.69) is 104 Å². The fourth-order valence-corrected chi connectivity index (χ4v) is 6.95. The number of hydrogen-bond acceptors (Lipinski definition) is 4. The van der Waals surface area contributed by atoms with Crippen LogP contribution in [0.1, 0.15) is 67.8 Å². The summed E-state index contributed by atoms with van der Waals surface area (Å²) in [5.41, 5.74) is 11.1. The number of likely N-dealkylation sites (N-methyl/N-ethyl adjacent to an activating group) is 1. The van der Waals surface area contributed by atoms with Crippen LogP contribution in [-0.4, -0.2) is 27.9 Å². The number of allylic oxidation sites excluding steroid dienone is 3. The minimum absolute atomic E-state index is 0.0549. The quantitative estimate of drug-likeness (QED) is 0.303. The van der Waals surface area contributed by atoms with Gasteiger partial charge < -0.3 is 10.2 Å². The highest BCUT2D eigenvalue weighted by molar-refractivity contribution is 6.01. The number of carbonyl (C=O) groups is 1. The second-order valence-corrected chi connectivity index (χ2v) is 11.9. The Morgan fingerprint density at radius 2 is 1.74 bits per heavy atom. The number of nitrogens with zero attached hydrogens (tertiary/aromatic N) is 3. The Bertz CT molecular complexity index is 1740. The van der Waals surface area contributed by atoms with Crippen molar-refractivity contribution in [3.05, 3.63) is 106 Å². The number of hydrogen-bond donors (Lipinski definition) is 1. The Morgan fingerprint density at radius 3 is 2.56 bits per heavy atom. The van der Waals surface area contributed by atoms with Gasteiger partial charge in [-0.2, -0.15) is 0 Å². The first-order chi connectivity index (χ1) is 18.7. The van der Waals surface area contributed by atoms with Crippen molar-refractivity contribution in [3.63, 3.8) is 0 Å². The van der Waals surface area contributed by atoms with Crippen LogP contribution in [0.5, 0.6) is 0 Å². The first-order valence-corrected chi connectivity index (χ1v) is 13.9. The number of benzene rings is 3. The number of Topliss-reactive ketones (excluding diaryl/α,β-unsaturated/α-hetero) is 1. The molecule has 5 nitrogen and oxygen atoms in total. The average Bonchev–Trinajstić information content (AvgIpc) is 3.28. The van der Waals surface area contributed by atoms with E-state index in [1.807, 2.05) is 18.2 Å². The zero-order chi connectivity index (χ0) is 27.1. The van der Waals surface area contributed by atoms with Gasteiger partial charge in [0, 0.05) is 36.0 Å². The maximum atomic E-state index is 14.1. The standard InChI is InChI=1S/C34H34N4O/c1-20-10-6-7-11-24(20)23-17-27-31(30(39)18-23)32(38-29-13-9-8-12-26(29)35-33(38)36-27)22-14-15-28-25(16-22)21(2)19-34(3,4)37(28)5/h6-16,19,23,32H,17-18H2,1-5H3,(H,35,36). The predicted octanol–water partition coefficient (Wildman–Crippen LogP) is 7.39. The van der Waals surface area contributed by atoms with Crippen LogP contribution in [0.3, 0.4) is 0 Å². The Labute approximate surface area is 229 Å². The number of rotatable bonds is 2. The van der Waals surface area contributed by atoms with Crippen LogP contribution in [-0.2, 0) is 4.79 Å². The van der Waals surface area contributed by atoms with Crippen molar-refractivity contribution in [2.24, 2.45) is 0 Å². The first-order valence-electron chi connectivity index (χ1n) is 13.9. The van der Waals surface area contributed by atoms with Crippen LogP contribution in [0.15, 0.2) is 84.1 Å². The zero-order valence-electron chi connectivity index (χ0n) is 23.2. The summed E-state index contributed by atoms with van der Waals surface area (Å²) in [6.07, 6.45) is 3.65. The van der Waals surface area contributed by atoms with Gasteiger partial charge in [-0.25, -0.2) is 4.98 Å². The molecule has 2 unspecified atom stereocenters. The molecule has 0 saturated heterocycles. The van der Waals surface area contributed by atoms with Crippen LogP contribution < -0.4 is 10.2 Å². The number of carbonyl (C=O) groups excluding carboxylic acids is 1. The van der Waals surface area contributed by atoms with Crippen LogP contribution in [0, 0.1) is 6.92 Å². The van der Waals surface area contributed by atoms with Gasteiger partial charge in [-0.3, -0.25) is 9.36 Å². The molecular formula is C34H34N4O. The molecule has 3 aromatic carbocycles. The summed E-state index contributed by atoms with van der Waals surface area (Å²) in [6, 6.07) is 23.2. The summed E-state index contributed by atoms with van der Waals surface area (Å²) in [7, 11) is 2.16. The maximum absolute atomic E-state index is 14.1. The van der Waals surface area contributed by atoms with Gasteiger partial charge in [0.05, 0.1) is 22.6 Å². The fraction of sp³-hybridized carbons (Fsp3) is 0.294. The average molecular weight is 515 g/mol. The third-order valence-corrected chi connectivity index (χ3v) is 9.08. The van der Waals surface area contributed by atoms with Crippen molar-refractivity contribution < 1.29 is 4.79 Å². The number of nitrogens with one attached hydrogen (secondary N) is 1. The molecule has 0 fully saturated rings. The van der Waals surface area contributed by atoms with Crippen molar-refractivity contribution in [2.75, 3.05) is 17.3 Å². The Hall–Kier alpha value is -4.12. The van der Waals surface area contributed by atoms with Crippen molar-refractivity contribution >= 4 is 34.0 Å². The minimum atomic E-state index is -0.229. The molecule has 0 amide bonds. The molecule has 3 heterocycles. The van der Waals surface area contributed by atoms with E-state index < -0.39 is 0 Å². The highest BCUT2D eigenvalue weighted by atomic mass is 16.1. The van der Waals surface area contributed by atoms with Crippen molar-refractivity contribution in [3.8, 4) is 0 Å². The second kappa shape index (κ2) is 8.44. The normalized spacial score (nSPS) is 21.7. The molecule has 2 atom stereocenters. The molecule has 0 bridgehead atoms. The molecule has 5 heteroatoms. The second-order valence-electron chi connectivity index (χ2n) is 11.9. The number of imidazole rings is 1. The molecule has 196 valence electrons. The van der Waals surface area contributed by atoms with Gasteiger partial charge in [0.2, 0.25) is 5.95 Å². The van der Waals surface area contributed by atoms with Gasteiger partial charge in [0.1, 0.15) is 0 Å². The summed E-state index contributed by atoms with van der Waals surface area (Å²) < 4.78 is 2.23. The number of para-hydroxylation sites is 2. The molecule has 2 aliphatic heterocycles. The molecule has 1 aromatic heterocycles. The fourth-order valence-electron chi connectivity index (χ4n) is 6.95. The van der Waals surface area contributed by atoms with E-state index in [0.717, 1.165) is 40.2 Å². The number of aromatic nitrogens is 2. The molecule has 7 rings (SSSR count). The Morgan fingerprint density at radius 1 is 0.974 bits per heavy atom. The summed E-state index contributed by atoms with van der Waals surface area (Å²) in [5.74, 6) is 1.18. The molecule has 4 aromatic rings. The molecule has 3 aliphatic rings. The van der Waals surface area contributed by atoms with E-state index in [9.17, 15) is 4.79 Å². The molecule has 1 N–H and O–H groups in total. The summed E-state index contributed by atoms with van der Waals surface area (Å²) >= 11 is 0. The molecular weight excluding hydrogens is 480 g/mol. The molecule has 1 aliphatic carbocycles. The van der Waals surface area contributed by atoms with Crippen molar-refractivity contribution in [1.29, 1.82) is 0 Å². The first kappa shape index (κ1) is 24.0. The van der Waals surface area contributed by atoms with Crippen molar-refractivity contribution in [2.45, 2.75) is 58.0 Å². The largest absolute Gasteiger partial charge is 0.366 e. The van der Waals surface area contributed by atoms with Crippen molar-refractivity contribution in [1.82, 2.24) is 9.55 Å². The number of aryl methyl sites for hydroxylation is 1. The maximum Gasteiger partial charge on any atom is 0.209 e. The molecule has 39 heavy (non-hydrogen) atoms. The summed E-state index contributed by atoms with van der Waals surface area (Å²) in [5, 5.41) is 3.62. The SMILES string of the molecule is CC1=CC(C)(C)N(C)c2ccc(C3C4=C(CC(c5ccccc5C)CC4=O)Nc4nc5ccccc5n43)cc21. The van der Waals surface area contributed by atoms with Crippen LogP contribution in [0.25, 0.3) is 16.6 Å². The van der Waals surface area contributed by atoms with E-state index in [1.165, 1.54) is 28.0 Å². The third-order valence-electron chi connectivity index (χ3n) is 9.08. The van der Waals surface area contributed by atoms with Crippen LogP contribution in [0.4, 0.5) is 11.6 Å². The van der Waals surface area contributed by atoms with E-state index in [0.29, 0.717) is 6.42 Å². The number of anilines is 2. The van der Waals surface area contributed by atoms with Gasteiger partial charge >= 0.3 is 0 Å². The van der Waals surface area contributed by atoms with Gasteiger partial charge in [-0.15, -0.1) is 0 Å². The number of ketones is 1. The van der Waals surface area contributed by atoms with Crippen LogP contribution in [0.2, 0.25) is 0 Å². The number of fused-ring (bicyclic) bond motifs is 4. The molecule has 0 radical (unpaired) electrons. The lowest BCUT2D eigenvalue weighted by Gasteiger charge is -2.41. The zero-order valence-corrected chi connectivity index (χ0v) is 23.2. The highest BCUT2D eigenvalue weighted by Crippen LogP contribution is 2.48. The Kier molecular flexibility index (Phi) is 5.18. The summed E-state index contributed by atoms with van der Waals surface area (Å²) in [4.78, 5) is 21.4. The van der Waals surface area contributed by atoms with E-state index in [1.54, 1.807) is 0 Å². The van der Waals surface area contributed by atoms with Crippen LogP contribution >= 0.6 is 0 Å². The van der Waals surface area contributed by atoms with E-state index in [4.69, 9.17) is 4.98 Å². The highest BCUT2D eigenvalue weighted by Gasteiger charge is 2.40. The molecule has 0 saturated carbocycles. The van der Waals surface area contributed by atoms with E-state index >= 15 is 0 Å². The predicted molar refractivity (Wildman–Crippen MR) is 159 cm³/mol. The van der Waals surface area contributed by atoms with E-state index in [-0.39, 0.29) is 23.3 Å². The smallest absolute Gasteiger partial charge is 0.209 e. The monoisotopic (exact) mass is 514 g/mol. The van der Waals surface area contributed by atoms with Gasteiger partial charge in [-0.1, -0.05) is 48.5 Å². The Balaban J connectivity index is 1.42. The lowest BCUT2D eigenvalue weighted by Crippen LogP contribution is -2.42. The summed E-state index contributed by atoms with van der Waals surface area (Å²) in [6.45, 7) is 8.82. The van der Waals surface area contributed by atoms with Gasteiger partial charge in [0.25, 0.3) is 0 Å². The topological polar surface area (TPSA) is 50.2 Å². The minimum Gasteiger partial charge on any atom is -0.366 e.